The highest BCUT2D eigenvalue weighted by molar-refractivity contribution is 5.93. The zero-order valence-electron chi connectivity index (χ0n) is 20.1. The van der Waals surface area contributed by atoms with E-state index in [1.54, 1.807) is 11.1 Å². The summed E-state index contributed by atoms with van der Waals surface area (Å²) in [4.78, 5) is 14.4. The molecular weight excluding hydrogens is 394 g/mol. The highest BCUT2D eigenvalue weighted by Gasteiger charge is 2.74. The van der Waals surface area contributed by atoms with Crippen molar-refractivity contribution >= 4 is 11.5 Å². The van der Waals surface area contributed by atoms with Gasteiger partial charge in [0, 0.05) is 44.6 Å². The van der Waals surface area contributed by atoms with Gasteiger partial charge in [-0.15, -0.1) is 0 Å². The van der Waals surface area contributed by atoms with Crippen molar-refractivity contribution in [1.29, 1.82) is 0 Å². The molecule has 0 saturated heterocycles. The largest absolute Gasteiger partial charge is 0.384 e. The molecule has 3 fully saturated rings. The van der Waals surface area contributed by atoms with Gasteiger partial charge in [-0.1, -0.05) is 24.6 Å². The summed E-state index contributed by atoms with van der Waals surface area (Å²) in [7, 11) is 6.12. The van der Waals surface area contributed by atoms with Gasteiger partial charge in [0.25, 0.3) is 0 Å². The second-order valence-corrected chi connectivity index (χ2v) is 11.7. The van der Waals surface area contributed by atoms with E-state index >= 15 is 0 Å². The van der Waals surface area contributed by atoms with Gasteiger partial charge in [-0.3, -0.25) is 4.79 Å². The molecule has 3 saturated carbocycles. The van der Waals surface area contributed by atoms with Crippen LogP contribution in [0.2, 0.25) is 0 Å². The minimum Gasteiger partial charge on any atom is -0.384 e. The lowest BCUT2D eigenvalue weighted by Gasteiger charge is -2.54. The lowest BCUT2D eigenvalue weighted by molar-refractivity contribution is -0.114. The molecule has 0 spiro atoms. The molecule has 0 N–H and O–H groups in total. The van der Waals surface area contributed by atoms with Crippen LogP contribution in [0.1, 0.15) is 63.4 Å². The Labute approximate surface area is 192 Å². The van der Waals surface area contributed by atoms with Gasteiger partial charge in [-0.2, -0.15) is 0 Å². The summed E-state index contributed by atoms with van der Waals surface area (Å²) < 4.78 is 5.84. The summed E-state index contributed by atoms with van der Waals surface area (Å²) in [6.07, 6.45) is 9.93. The Hall–Kier alpha value is -1.87. The lowest BCUT2D eigenvalue weighted by atomic mass is 9.50. The third-order valence-corrected chi connectivity index (χ3v) is 10.2. The zero-order valence-corrected chi connectivity index (χ0v) is 20.1. The van der Waals surface area contributed by atoms with E-state index in [1.807, 2.05) is 13.2 Å². The fraction of sp³-hybridized carbons (Fsp3) is 0.621. The predicted octanol–water partition coefficient (Wildman–Crippen LogP) is 5.91. The SMILES string of the molecule is COC[C@@]12C[C@@H]1C[C@H]1[C@@H]3CCC4=CC(=O)CCC4=C3[C@@H](c3ccc(N(C)C)cc3)C[C@@]12C. The molecule has 0 aromatic heterocycles. The van der Waals surface area contributed by atoms with Crippen LogP contribution in [0.4, 0.5) is 5.69 Å². The number of fused-ring (bicyclic) bond motifs is 6. The monoisotopic (exact) mass is 431 g/mol. The number of methoxy groups -OCH3 is 1. The highest BCUT2D eigenvalue weighted by Crippen LogP contribution is 2.80. The number of carbonyl (C=O) groups is 1. The van der Waals surface area contributed by atoms with Gasteiger partial charge in [0.05, 0.1) is 6.61 Å². The van der Waals surface area contributed by atoms with Crippen molar-refractivity contribution in [1.82, 2.24) is 0 Å². The van der Waals surface area contributed by atoms with E-state index in [4.69, 9.17) is 4.74 Å². The smallest absolute Gasteiger partial charge is 0.156 e. The van der Waals surface area contributed by atoms with Crippen molar-refractivity contribution in [2.45, 2.75) is 57.8 Å². The molecule has 0 bridgehead atoms. The highest BCUT2D eigenvalue weighted by atomic mass is 16.5. The molecular formula is C29H37NO2. The quantitative estimate of drug-likeness (QED) is 0.593. The fourth-order valence-corrected chi connectivity index (χ4v) is 8.62. The van der Waals surface area contributed by atoms with Crippen LogP contribution in [0.15, 0.2) is 47.1 Å². The van der Waals surface area contributed by atoms with Crippen molar-refractivity contribution in [2.75, 3.05) is 32.7 Å². The Morgan fingerprint density at radius 2 is 1.88 bits per heavy atom. The molecule has 0 radical (unpaired) electrons. The number of carbonyl (C=O) groups excluding carboxylic acids is 1. The molecule has 1 aromatic rings. The number of ether oxygens (including phenoxy) is 1. The summed E-state index contributed by atoms with van der Waals surface area (Å²) in [5, 5.41) is 0. The number of hydrogen-bond donors (Lipinski definition) is 0. The van der Waals surface area contributed by atoms with E-state index in [2.05, 4.69) is 50.2 Å². The Balaban J connectivity index is 1.49. The number of anilines is 1. The standard InChI is InChI=1S/C29H37NO2/c1-28-16-25(18-5-8-21(9-6-18)30(2)3)27-23-12-10-22(31)13-19(23)7-11-24(27)26(28)14-20-15-29(20,28)17-32-4/h5-6,8-9,13,20,24-26H,7,10-12,14-17H2,1-4H3/t20-,24-,25+,26-,28-,29-/m0/s1. The first-order valence-corrected chi connectivity index (χ1v) is 12.6. The topological polar surface area (TPSA) is 29.5 Å². The number of rotatable bonds is 4. The minimum absolute atomic E-state index is 0.330. The second kappa shape index (κ2) is 7.06. The average Bonchev–Trinajstić information content (AvgIpc) is 3.43. The lowest BCUT2D eigenvalue weighted by Crippen LogP contribution is -2.46. The maximum Gasteiger partial charge on any atom is 0.156 e. The van der Waals surface area contributed by atoms with Crippen LogP contribution in [0.5, 0.6) is 0 Å². The van der Waals surface area contributed by atoms with Crippen LogP contribution in [0.25, 0.3) is 0 Å². The minimum atomic E-state index is 0.330. The molecule has 0 heterocycles. The van der Waals surface area contributed by atoms with Crippen molar-refractivity contribution in [3.05, 3.63) is 52.6 Å². The van der Waals surface area contributed by atoms with Gasteiger partial charge in [-0.05, 0) is 96.6 Å². The third-order valence-electron chi connectivity index (χ3n) is 10.2. The Kier molecular flexibility index (Phi) is 4.57. The van der Waals surface area contributed by atoms with Crippen LogP contribution in [-0.4, -0.2) is 33.6 Å². The maximum absolute atomic E-state index is 12.2. The number of benzene rings is 1. The number of hydrogen-bond acceptors (Lipinski definition) is 3. The fourth-order valence-electron chi connectivity index (χ4n) is 8.62. The van der Waals surface area contributed by atoms with Crippen LogP contribution < -0.4 is 4.90 Å². The van der Waals surface area contributed by atoms with E-state index in [1.165, 1.54) is 42.5 Å². The van der Waals surface area contributed by atoms with Crippen LogP contribution in [0, 0.1) is 28.6 Å². The first-order chi connectivity index (χ1) is 15.4. The summed E-state index contributed by atoms with van der Waals surface area (Å²) >= 11 is 0. The Morgan fingerprint density at radius 1 is 1.09 bits per heavy atom. The van der Waals surface area contributed by atoms with Crippen LogP contribution >= 0.6 is 0 Å². The van der Waals surface area contributed by atoms with Gasteiger partial charge in [0.2, 0.25) is 0 Å². The van der Waals surface area contributed by atoms with Crippen LogP contribution in [0.3, 0.4) is 0 Å². The van der Waals surface area contributed by atoms with E-state index in [9.17, 15) is 4.79 Å². The summed E-state index contributed by atoms with van der Waals surface area (Å²) in [5.41, 5.74) is 8.10. The molecule has 5 aliphatic carbocycles. The third kappa shape index (κ3) is 2.73. The molecule has 170 valence electrons. The Bertz CT molecular complexity index is 1020. The summed E-state index contributed by atoms with van der Waals surface area (Å²) in [6, 6.07) is 9.33. The molecule has 6 rings (SSSR count). The van der Waals surface area contributed by atoms with Crippen molar-refractivity contribution in [2.24, 2.45) is 28.6 Å². The molecule has 1 aromatic carbocycles. The normalized spacial score (nSPS) is 39.6. The van der Waals surface area contributed by atoms with E-state index in [0.29, 0.717) is 34.9 Å². The second-order valence-electron chi connectivity index (χ2n) is 11.7. The average molecular weight is 432 g/mol. The van der Waals surface area contributed by atoms with Gasteiger partial charge < -0.3 is 9.64 Å². The molecule has 6 atom stereocenters. The number of allylic oxidation sites excluding steroid dienone is 4. The first-order valence-electron chi connectivity index (χ1n) is 12.6. The van der Waals surface area contributed by atoms with Crippen molar-refractivity contribution < 1.29 is 9.53 Å². The molecule has 0 unspecified atom stereocenters. The van der Waals surface area contributed by atoms with Gasteiger partial charge in [0.15, 0.2) is 5.78 Å². The maximum atomic E-state index is 12.2. The number of nitrogens with zero attached hydrogens (tertiary/aromatic N) is 1. The van der Waals surface area contributed by atoms with Gasteiger partial charge >= 0.3 is 0 Å². The summed E-state index contributed by atoms with van der Waals surface area (Å²) in [5.74, 6) is 3.10. The summed E-state index contributed by atoms with van der Waals surface area (Å²) in [6.45, 7) is 3.54. The van der Waals surface area contributed by atoms with E-state index in [-0.39, 0.29) is 0 Å². The molecule has 5 aliphatic rings. The molecule has 3 heteroatoms. The van der Waals surface area contributed by atoms with E-state index < -0.39 is 0 Å². The molecule has 0 aliphatic heterocycles. The van der Waals surface area contributed by atoms with E-state index in [0.717, 1.165) is 31.3 Å². The predicted molar refractivity (Wildman–Crippen MR) is 129 cm³/mol. The zero-order chi connectivity index (χ0) is 22.3. The molecule has 0 amide bonds. The van der Waals surface area contributed by atoms with Gasteiger partial charge in [0.1, 0.15) is 0 Å². The van der Waals surface area contributed by atoms with Crippen LogP contribution in [-0.2, 0) is 9.53 Å². The first kappa shape index (κ1) is 20.7. The Morgan fingerprint density at radius 3 is 2.59 bits per heavy atom. The molecule has 32 heavy (non-hydrogen) atoms. The van der Waals surface area contributed by atoms with Gasteiger partial charge in [-0.25, -0.2) is 0 Å². The van der Waals surface area contributed by atoms with Crippen molar-refractivity contribution in [3.63, 3.8) is 0 Å². The molecule has 3 nitrogen and oxygen atoms in total. The van der Waals surface area contributed by atoms with Crippen molar-refractivity contribution in [3.8, 4) is 0 Å². The number of ketones is 1.